The van der Waals surface area contributed by atoms with E-state index in [2.05, 4.69) is 9.88 Å². The Kier molecular flexibility index (Phi) is 4.61. The van der Waals surface area contributed by atoms with E-state index in [-0.39, 0.29) is 5.91 Å². The molecule has 104 valence electrons. The largest absolute Gasteiger partial charge is 0.370 e. The van der Waals surface area contributed by atoms with Gasteiger partial charge in [0.25, 0.3) is 0 Å². The Bertz CT molecular complexity index is 458. The van der Waals surface area contributed by atoms with E-state index >= 15 is 0 Å². The molecule has 1 fully saturated rings. The van der Waals surface area contributed by atoms with Gasteiger partial charge in [-0.3, -0.25) is 4.79 Å². The predicted octanol–water partition coefficient (Wildman–Crippen LogP) is 1.29. The minimum Gasteiger partial charge on any atom is -0.370 e. The molecule has 5 nitrogen and oxygen atoms in total. The van der Waals surface area contributed by atoms with Gasteiger partial charge in [0.1, 0.15) is 5.82 Å². The van der Waals surface area contributed by atoms with Crippen molar-refractivity contribution >= 4 is 23.3 Å². The van der Waals surface area contributed by atoms with Crippen LogP contribution in [0, 0.1) is 5.92 Å². The number of anilines is 1. The molecule has 0 radical (unpaired) electrons. The third-order valence-electron chi connectivity index (χ3n) is 3.57. The van der Waals surface area contributed by atoms with Gasteiger partial charge in [0.2, 0.25) is 5.91 Å². The summed E-state index contributed by atoms with van der Waals surface area (Å²) in [6, 6.07) is 1.84. The van der Waals surface area contributed by atoms with Crippen LogP contribution in [-0.4, -0.2) is 24.0 Å². The van der Waals surface area contributed by atoms with Crippen molar-refractivity contribution in [3.63, 3.8) is 0 Å². The van der Waals surface area contributed by atoms with Crippen LogP contribution in [0.2, 0.25) is 5.02 Å². The summed E-state index contributed by atoms with van der Waals surface area (Å²) < 4.78 is 0. The smallest absolute Gasteiger partial charge is 0.217 e. The molecule has 0 atom stereocenters. The van der Waals surface area contributed by atoms with Crippen LogP contribution in [0.25, 0.3) is 0 Å². The zero-order chi connectivity index (χ0) is 13.8. The van der Waals surface area contributed by atoms with E-state index in [1.165, 1.54) is 0 Å². The normalized spacial score (nSPS) is 16.6. The van der Waals surface area contributed by atoms with Crippen LogP contribution in [-0.2, 0) is 11.3 Å². The highest BCUT2D eigenvalue weighted by Gasteiger charge is 2.23. The second kappa shape index (κ2) is 6.21. The molecule has 1 amide bonds. The number of halogens is 1. The lowest BCUT2D eigenvalue weighted by Gasteiger charge is -2.33. The molecule has 6 heteroatoms. The minimum atomic E-state index is -0.222. The maximum absolute atomic E-state index is 10.9. The van der Waals surface area contributed by atoms with Crippen LogP contribution in [0.15, 0.2) is 12.3 Å². The molecule has 1 saturated heterocycles. The quantitative estimate of drug-likeness (QED) is 0.871. The molecule has 1 aliphatic rings. The summed E-state index contributed by atoms with van der Waals surface area (Å²) in [6.07, 6.45) is 4.08. The van der Waals surface area contributed by atoms with Crippen molar-refractivity contribution in [1.29, 1.82) is 0 Å². The summed E-state index contributed by atoms with van der Waals surface area (Å²) in [5.74, 6) is 0.951. The van der Waals surface area contributed by atoms with E-state index in [4.69, 9.17) is 23.1 Å². The molecule has 19 heavy (non-hydrogen) atoms. The molecule has 2 heterocycles. The van der Waals surface area contributed by atoms with E-state index in [9.17, 15) is 4.79 Å². The topological polar surface area (TPSA) is 85.2 Å². The molecule has 0 bridgehead atoms. The summed E-state index contributed by atoms with van der Waals surface area (Å²) >= 11 is 6.30. The lowest BCUT2D eigenvalue weighted by molar-refractivity contribution is -0.119. The molecule has 1 aromatic heterocycles. The Balaban J connectivity index is 2.03. The molecule has 2 rings (SSSR count). The number of nitrogens with two attached hydrogens (primary N) is 2. The highest BCUT2D eigenvalue weighted by Crippen LogP contribution is 2.30. The van der Waals surface area contributed by atoms with E-state index in [1.54, 1.807) is 6.20 Å². The molecule has 1 aliphatic heterocycles. The Morgan fingerprint density at radius 3 is 2.74 bits per heavy atom. The number of pyridine rings is 1. The minimum absolute atomic E-state index is 0.222. The first kappa shape index (κ1) is 14.1. The molecule has 0 unspecified atom stereocenters. The van der Waals surface area contributed by atoms with Crippen molar-refractivity contribution in [2.45, 2.75) is 25.8 Å². The first-order valence-electron chi connectivity index (χ1n) is 6.48. The van der Waals surface area contributed by atoms with Gasteiger partial charge < -0.3 is 16.4 Å². The SMILES string of the molecule is NCc1ccnc(N2CCC(CC(N)=O)CC2)c1Cl. The number of hydrogen-bond acceptors (Lipinski definition) is 4. The highest BCUT2D eigenvalue weighted by atomic mass is 35.5. The van der Waals surface area contributed by atoms with Gasteiger partial charge >= 0.3 is 0 Å². The fourth-order valence-corrected chi connectivity index (χ4v) is 2.79. The Morgan fingerprint density at radius 1 is 1.47 bits per heavy atom. The van der Waals surface area contributed by atoms with Crippen LogP contribution >= 0.6 is 11.6 Å². The second-order valence-electron chi connectivity index (χ2n) is 4.91. The fourth-order valence-electron chi connectivity index (χ4n) is 2.48. The Hall–Kier alpha value is -1.33. The number of rotatable bonds is 4. The van der Waals surface area contributed by atoms with Gasteiger partial charge in [-0.1, -0.05) is 11.6 Å². The number of aromatic nitrogens is 1. The van der Waals surface area contributed by atoms with Crippen LogP contribution in [0.3, 0.4) is 0 Å². The maximum Gasteiger partial charge on any atom is 0.217 e. The summed E-state index contributed by atoms with van der Waals surface area (Å²) in [5, 5.41) is 0.637. The van der Waals surface area contributed by atoms with Crippen LogP contribution in [0.4, 0.5) is 5.82 Å². The number of primary amides is 1. The van der Waals surface area contributed by atoms with E-state index in [0.717, 1.165) is 37.3 Å². The zero-order valence-corrected chi connectivity index (χ0v) is 11.6. The van der Waals surface area contributed by atoms with Crippen molar-refractivity contribution in [2.75, 3.05) is 18.0 Å². The number of amides is 1. The molecular weight excluding hydrogens is 264 g/mol. The second-order valence-corrected chi connectivity index (χ2v) is 5.29. The van der Waals surface area contributed by atoms with Gasteiger partial charge in [-0.2, -0.15) is 0 Å². The van der Waals surface area contributed by atoms with Crippen LogP contribution < -0.4 is 16.4 Å². The van der Waals surface area contributed by atoms with E-state index in [0.29, 0.717) is 23.9 Å². The molecule has 0 aromatic carbocycles. The first-order chi connectivity index (χ1) is 9.11. The van der Waals surface area contributed by atoms with Crippen LogP contribution in [0.1, 0.15) is 24.8 Å². The Morgan fingerprint density at radius 2 is 2.16 bits per heavy atom. The maximum atomic E-state index is 10.9. The third kappa shape index (κ3) is 3.36. The average Bonchev–Trinajstić information content (AvgIpc) is 2.39. The van der Waals surface area contributed by atoms with Crippen molar-refractivity contribution < 1.29 is 4.79 Å². The summed E-state index contributed by atoms with van der Waals surface area (Å²) in [5.41, 5.74) is 11.8. The van der Waals surface area contributed by atoms with Crippen molar-refractivity contribution in [3.05, 3.63) is 22.8 Å². The number of carbonyl (C=O) groups excluding carboxylic acids is 1. The summed E-state index contributed by atoms with van der Waals surface area (Å²) in [4.78, 5) is 17.4. The highest BCUT2D eigenvalue weighted by molar-refractivity contribution is 6.33. The lowest BCUT2D eigenvalue weighted by Crippen LogP contribution is -2.35. The first-order valence-corrected chi connectivity index (χ1v) is 6.86. The predicted molar refractivity (Wildman–Crippen MR) is 75.9 cm³/mol. The van der Waals surface area contributed by atoms with Gasteiger partial charge in [0.15, 0.2) is 0 Å². The standard InChI is InChI=1S/C13H19ClN4O/c14-12-10(8-15)1-4-17-13(12)18-5-2-9(3-6-18)7-11(16)19/h1,4,9H,2-3,5-8,15H2,(H2,16,19). The van der Waals surface area contributed by atoms with Gasteiger partial charge in [-0.25, -0.2) is 4.98 Å². The van der Waals surface area contributed by atoms with Crippen molar-refractivity contribution in [1.82, 2.24) is 4.98 Å². The van der Waals surface area contributed by atoms with E-state index < -0.39 is 0 Å². The molecular formula is C13H19ClN4O. The van der Waals surface area contributed by atoms with Crippen molar-refractivity contribution in [3.8, 4) is 0 Å². The fraction of sp³-hybridized carbons (Fsp3) is 0.538. The van der Waals surface area contributed by atoms with Crippen LogP contribution in [0.5, 0.6) is 0 Å². The Labute approximate surface area is 117 Å². The molecule has 4 N–H and O–H groups in total. The summed E-state index contributed by atoms with van der Waals surface area (Å²) in [6.45, 7) is 2.10. The lowest BCUT2D eigenvalue weighted by atomic mass is 9.93. The number of carbonyl (C=O) groups is 1. The summed E-state index contributed by atoms with van der Waals surface area (Å²) in [7, 11) is 0. The molecule has 0 spiro atoms. The molecule has 0 aliphatic carbocycles. The van der Waals surface area contributed by atoms with Gasteiger partial charge in [0, 0.05) is 32.3 Å². The zero-order valence-electron chi connectivity index (χ0n) is 10.8. The van der Waals surface area contributed by atoms with Gasteiger partial charge in [0.05, 0.1) is 5.02 Å². The van der Waals surface area contributed by atoms with Gasteiger partial charge in [-0.15, -0.1) is 0 Å². The third-order valence-corrected chi connectivity index (χ3v) is 3.99. The molecule has 1 aromatic rings. The number of piperidine rings is 1. The van der Waals surface area contributed by atoms with Crippen molar-refractivity contribution in [2.24, 2.45) is 17.4 Å². The average molecular weight is 283 g/mol. The molecule has 0 saturated carbocycles. The number of nitrogens with zero attached hydrogens (tertiary/aromatic N) is 2. The number of hydrogen-bond donors (Lipinski definition) is 2. The monoisotopic (exact) mass is 282 g/mol. The van der Waals surface area contributed by atoms with E-state index in [1.807, 2.05) is 6.07 Å². The van der Waals surface area contributed by atoms with Gasteiger partial charge in [-0.05, 0) is 30.4 Å².